The molecule has 92 valence electrons. The number of nitrogens with two attached hydrogens (primary N) is 1. The summed E-state index contributed by atoms with van der Waals surface area (Å²) < 4.78 is 0. The molecular formula is C12H16ClN3O. The predicted molar refractivity (Wildman–Crippen MR) is 66.7 cm³/mol. The third kappa shape index (κ3) is 1.71. The molecule has 3 rings (SSSR count). The summed E-state index contributed by atoms with van der Waals surface area (Å²) in [6.45, 7) is 2.93. The van der Waals surface area contributed by atoms with Gasteiger partial charge in [-0.05, 0) is 25.5 Å². The van der Waals surface area contributed by atoms with E-state index in [9.17, 15) is 5.11 Å². The molecule has 0 aliphatic carbocycles. The van der Waals surface area contributed by atoms with Crippen molar-refractivity contribution in [3.63, 3.8) is 0 Å². The Bertz CT molecular complexity index is 453. The third-order valence-electron chi connectivity index (χ3n) is 4.11. The largest absolute Gasteiger partial charge is 0.385 e. The number of pyridine rings is 1. The highest BCUT2D eigenvalue weighted by atomic mass is 35.5. The summed E-state index contributed by atoms with van der Waals surface area (Å²) in [5, 5.41) is 11.5. The number of rotatable bonds is 1. The molecule has 2 aliphatic heterocycles. The van der Waals surface area contributed by atoms with E-state index in [-0.39, 0.29) is 5.92 Å². The number of aromatic nitrogens is 1. The number of fused-ring (bicyclic) bond motifs is 2. The standard InChI is InChI=1S/C12H16ClN3O/c13-9-5-10(11(14)15-6-9)12(17)2-4-16-3-1-8(12)7-16/h5-6,8,17H,1-4,7H2,(H2,14,15). The Balaban J connectivity index is 2.04. The second-order valence-corrected chi connectivity index (χ2v) is 5.48. The normalized spacial score (nSPS) is 36.1. The molecule has 1 aromatic heterocycles. The summed E-state index contributed by atoms with van der Waals surface area (Å²) in [6.07, 6.45) is 3.25. The fourth-order valence-corrected chi connectivity index (χ4v) is 3.27. The summed E-state index contributed by atoms with van der Waals surface area (Å²) in [6, 6.07) is 1.76. The molecule has 0 saturated carbocycles. The Morgan fingerprint density at radius 1 is 1.53 bits per heavy atom. The van der Waals surface area contributed by atoms with Gasteiger partial charge in [0, 0.05) is 30.8 Å². The van der Waals surface area contributed by atoms with Crippen molar-refractivity contribution in [2.24, 2.45) is 5.92 Å². The van der Waals surface area contributed by atoms with Gasteiger partial charge in [0.05, 0.1) is 10.6 Å². The smallest absolute Gasteiger partial charge is 0.129 e. The van der Waals surface area contributed by atoms with Gasteiger partial charge < -0.3 is 15.7 Å². The fourth-order valence-electron chi connectivity index (χ4n) is 3.11. The lowest BCUT2D eigenvalue weighted by Gasteiger charge is -2.39. The number of piperidine rings is 1. The molecule has 0 radical (unpaired) electrons. The van der Waals surface area contributed by atoms with Gasteiger partial charge in [0.2, 0.25) is 0 Å². The maximum atomic E-state index is 10.9. The Morgan fingerprint density at radius 3 is 3.18 bits per heavy atom. The van der Waals surface area contributed by atoms with E-state index in [1.54, 1.807) is 6.07 Å². The zero-order valence-electron chi connectivity index (χ0n) is 9.56. The quantitative estimate of drug-likeness (QED) is 0.790. The SMILES string of the molecule is Nc1ncc(Cl)cc1C1(O)CCN2CCC1C2. The van der Waals surface area contributed by atoms with Crippen LogP contribution in [0.4, 0.5) is 5.82 Å². The van der Waals surface area contributed by atoms with Crippen molar-refractivity contribution in [3.8, 4) is 0 Å². The van der Waals surface area contributed by atoms with Gasteiger partial charge in [-0.1, -0.05) is 11.6 Å². The first-order valence-corrected chi connectivity index (χ1v) is 6.33. The summed E-state index contributed by atoms with van der Waals surface area (Å²) in [7, 11) is 0. The van der Waals surface area contributed by atoms with Crippen LogP contribution in [0.3, 0.4) is 0 Å². The Morgan fingerprint density at radius 2 is 2.35 bits per heavy atom. The minimum absolute atomic E-state index is 0.249. The van der Waals surface area contributed by atoms with E-state index in [4.69, 9.17) is 17.3 Å². The van der Waals surface area contributed by atoms with Gasteiger partial charge in [-0.2, -0.15) is 0 Å². The average molecular weight is 254 g/mol. The van der Waals surface area contributed by atoms with Gasteiger partial charge in [0.15, 0.2) is 0 Å². The van der Waals surface area contributed by atoms with E-state index >= 15 is 0 Å². The van der Waals surface area contributed by atoms with E-state index in [2.05, 4.69) is 9.88 Å². The first-order valence-electron chi connectivity index (χ1n) is 5.96. The van der Waals surface area contributed by atoms with Crippen LogP contribution in [0.1, 0.15) is 18.4 Å². The van der Waals surface area contributed by atoms with Crippen molar-refractivity contribution in [2.45, 2.75) is 18.4 Å². The van der Waals surface area contributed by atoms with E-state index < -0.39 is 5.60 Å². The van der Waals surface area contributed by atoms with Crippen LogP contribution in [0.25, 0.3) is 0 Å². The monoisotopic (exact) mass is 253 g/mol. The molecule has 4 nitrogen and oxygen atoms in total. The van der Waals surface area contributed by atoms with Crippen LogP contribution >= 0.6 is 11.6 Å². The fraction of sp³-hybridized carbons (Fsp3) is 0.583. The number of nitrogen functional groups attached to an aromatic ring is 1. The molecule has 5 heteroatoms. The number of hydrogen-bond donors (Lipinski definition) is 2. The Hall–Kier alpha value is -0.840. The molecule has 0 spiro atoms. The minimum atomic E-state index is -0.852. The van der Waals surface area contributed by atoms with Gasteiger partial charge in [-0.25, -0.2) is 4.98 Å². The summed E-state index contributed by atoms with van der Waals surface area (Å²) in [5.41, 5.74) is 5.75. The van der Waals surface area contributed by atoms with Crippen molar-refractivity contribution in [1.82, 2.24) is 9.88 Å². The molecule has 3 N–H and O–H groups in total. The Labute approximate surface area is 105 Å². The molecule has 3 atom stereocenters. The Kier molecular flexibility index (Phi) is 2.54. The van der Waals surface area contributed by atoms with E-state index in [0.717, 1.165) is 26.1 Å². The number of anilines is 1. The first-order chi connectivity index (χ1) is 8.09. The molecule has 3 unspecified atom stereocenters. The molecule has 17 heavy (non-hydrogen) atoms. The van der Waals surface area contributed by atoms with Crippen molar-refractivity contribution in [3.05, 3.63) is 22.8 Å². The number of nitrogens with zero attached hydrogens (tertiary/aromatic N) is 2. The topological polar surface area (TPSA) is 62.4 Å². The maximum Gasteiger partial charge on any atom is 0.129 e. The van der Waals surface area contributed by atoms with Crippen LogP contribution in [0.5, 0.6) is 0 Å². The van der Waals surface area contributed by atoms with Gasteiger partial charge >= 0.3 is 0 Å². The lowest BCUT2D eigenvalue weighted by atomic mass is 9.77. The molecule has 2 bridgehead atoms. The lowest BCUT2D eigenvalue weighted by molar-refractivity contribution is -0.0497. The van der Waals surface area contributed by atoms with Crippen LogP contribution in [0.15, 0.2) is 12.3 Å². The van der Waals surface area contributed by atoms with Crippen LogP contribution in [-0.4, -0.2) is 34.6 Å². The maximum absolute atomic E-state index is 10.9. The molecule has 0 aromatic carbocycles. The van der Waals surface area contributed by atoms with E-state index in [1.165, 1.54) is 6.20 Å². The van der Waals surface area contributed by atoms with Crippen LogP contribution in [-0.2, 0) is 5.60 Å². The molecule has 2 saturated heterocycles. The van der Waals surface area contributed by atoms with Crippen molar-refractivity contribution < 1.29 is 5.11 Å². The van der Waals surface area contributed by atoms with Gasteiger partial charge in [0.1, 0.15) is 5.82 Å². The van der Waals surface area contributed by atoms with Crippen LogP contribution < -0.4 is 5.73 Å². The average Bonchev–Trinajstić information content (AvgIpc) is 2.73. The third-order valence-corrected chi connectivity index (χ3v) is 4.32. The summed E-state index contributed by atoms with van der Waals surface area (Å²) in [4.78, 5) is 6.44. The van der Waals surface area contributed by atoms with Gasteiger partial charge in [-0.15, -0.1) is 0 Å². The van der Waals surface area contributed by atoms with Gasteiger partial charge in [0.25, 0.3) is 0 Å². The minimum Gasteiger partial charge on any atom is -0.385 e. The number of halogens is 1. The highest BCUT2D eigenvalue weighted by molar-refractivity contribution is 6.30. The highest BCUT2D eigenvalue weighted by Gasteiger charge is 2.47. The number of hydrogen-bond acceptors (Lipinski definition) is 4. The summed E-state index contributed by atoms with van der Waals surface area (Å²) >= 11 is 5.96. The second-order valence-electron chi connectivity index (χ2n) is 5.05. The molecular weight excluding hydrogens is 238 g/mol. The van der Waals surface area contributed by atoms with Crippen LogP contribution in [0.2, 0.25) is 5.02 Å². The van der Waals surface area contributed by atoms with Gasteiger partial charge in [-0.3, -0.25) is 0 Å². The highest BCUT2D eigenvalue weighted by Crippen LogP contribution is 2.44. The van der Waals surface area contributed by atoms with Crippen molar-refractivity contribution in [2.75, 3.05) is 25.4 Å². The molecule has 2 fully saturated rings. The molecule has 0 amide bonds. The first kappa shape index (κ1) is 11.3. The van der Waals surface area contributed by atoms with Crippen molar-refractivity contribution >= 4 is 17.4 Å². The zero-order valence-corrected chi connectivity index (χ0v) is 10.3. The van der Waals surface area contributed by atoms with Crippen LogP contribution in [0, 0.1) is 5.92 Å². The predicted octanol–water partition coefficient (Wildman–Crippen LogP) is 1.23. The second kappa shape index (κ2) is 3.83. The lowest BCUT2D eigenvalue weighted by Crippen LogP contribution is -2.44. The molecule has 3 heterocycles. The molecule has 1 aromatic rings. The van der Waals surface area contributed by atoms with E-state index in [0.29, 0.717) is 22.8 Å². The zero-order chi connectivity index (χ0) is 12.0. The van der Waals surface area contributed by atoms with Crippen molar-refractivity contribution in [1.29, 1.82) is 0 Å². The van der Waals surface area contributed by atoms with E-state index in [1.807, 2.05) is 0 Å². The number of aliphatic hydroxyl groups is 1. The molecule has 2 aliphatic rings. The summed E-state index contributed by atoms with van der Waals surface area (Å²) in [5.74, 6) is 0.649.